The predicted molar refractivity (Wildman–Crippen MR) is 147 cm³/mol. The Bertz CT molecular complexity index is 1380. The van der Waals surface area contributed by atoms with Gasteiger partial charge in [0.25, 0.3) is 5.56 Å². The van der Waals surface area contributed by atoms with Gasteiger partial charge in [0, 0.05) is 19.5 Å². The maximum atomic E-state index is 13.1. The van der Waals surface area contributed by atoms with E-state index < -0.39 is 0 Å². The quantitative estimate of drug-likeness (QED) is 0.146. The number of hydrogen-bond donors (Lipinski definition) is 2. The second-order valence-corrected chi connectivity index (χ2v) is 10.6. The number of rotatable bonds is 13. The number of thiophene rings is 1. The monoisotopic (exact) mass is 538 g/mol. The van der Waals surface area contributed by atoms with E-state index in [-0.39, 0.29) is 23.1 Å². The van der Waals surface area contributed by atoms with Crippen LogP contribution < -0.4 is 16.2 Å². The number of thioether (sulfide) groups is 1. The van der Waals surface area contributed by atoms with Crippen LogP contribution in [0.3, 0.4) is 0 Å². The van der Waals surface area contributed by atoms with Crippen molar-refractivity contribution in [3.8, 4) is 0 Å². The summed E-state index contributed by atoms with van der Waals surface area (Å²) in [5, 5.41) is 8.15. The Morgan fingerprint density at radius 3 is 2.62 bits per heavy atom. The fraction of sp³-hybridized carbons (Fsp3) is 0.333. The number of carbonyl (C=O) groups excluding carboxylic acids is 2. The Morgan fingerprint density at radius 1 is 1.03 bits per heavy atom. The number of nitrogens with one attached hydrogen (secondary N) is 2. The second-order valence-electron chi connectivity index (χ2n) is 8.70. The van der Waals surface area contributed by atoms with Crippen LogP contribution in [0.25, 0.3) is 10.2 Å². The molecule has 0 aliphatic carbocycles. The summed E-state index contributed by atoms with van der Waals surface area (Å²) in [5.74, 6) is 0.682. The third-order valence-electron chi connectivity index (χ3n) is 5.80. The van der Waals surface area contributed by atoms with Gasteiger partial charge in [-0.1, -0.05) is 48.0 Å². The van der Waals surface area contributed by atoms with Gasteiger partial charge >= 0.3 is 0 Å². The molecule has 0 radical (unpaired) electrons. The first-order valence-electron chi connectivity index (χ1n) is 12.2. The van der Waals surface area contributed by atoms with Crippen LogP contribution >= 0.6 is 23.1 Å². The minimum Gasteiger partial charge on any atom is -0.467 e. The fourth-order valence-corrected chi connectivity index (χ4v) is 5.37. The Kier molecular flexibility index (Phi) is 9.56. The molecular formula is C27H30N4O4S2. The van der Waals surface area contributed by atoms with E-state index in [9.17, 15) is 14.4 Å². The van der Waals surface area contributed by atoms with Crippen molar-refractivity contribution in [2.24, 2.45) is 0 Å². The predicted octanol–water partition coefficient (Wildman–Crippen LogP) is 4.64. The molecular weight excluding hydrogens is 508 g/mol. The maximum Gasteiger partial charge on any atom is 0.272 e. The Labute approximate surface area is 223 Å². The lowest BCUT2D eigenvalue weighted by Crippen LogP contribution is -2.26. The fourth-order valence-electron chi connectivity index (χ4n) is 3.74. The third kappa shape index (κ3) is 7.80. The number of nitrogens with zero attached hydrogens (tertiary/aromatic N) is 2. The Balaban J connectivity index is 1.25. The van der Waals surface area contributed by atoms with Gasteiger partial charge < -0.3 is 15.1 Å². The highest BCUT2D eigenvalue weighted by molar-refractivity contribution is 7.99. The van der Waals surface area contributed by atoms with Crippen molar-refractivity contribution < 1.29 is 14.0 Å². The van der Waals surface area contributed by atoms with Crippen molar-refractivity contribution in [1.82, 2.24) is 20.2 Å². The summed E-state index contributed by atoms with van der Waals surface area (Å²) in [6.45, 7) is 3.36. The van der Waals surface area contributed by atoms with Crippen LogP contribution in [0.5, 0.6) is 0 Å². The molecule has 8 nitrogen and oxygen atoms in total. The molecule has 3 aromatic heterocycles. The van der Waals surface area contributed by atoms with Crippen molar-refractivity contribution in [2.45, 2.75) is 57.4 Å². The van der Waals surface area contributed by atoms with E-state index in [2.05, 4.69) is 15.6 Å². The first kappa shape index (κ1) is 26.7. The molecule has 0 fully saturated rings. The zero-order valence-corrected chi connectivity index (χ0v) is 22.3. The Hall–Kier alpha value is -3.37. The molecule has 0 atom stereocenters. The molecule has 194 valence electrons. The van der Waals surface area contributed by atoms with Gasteiger partial charge in [-0.25, -0.2) is 4.98 Å². The summed E-state index contributed by atoms with van der Waals surface area (Å²) < 4.78 is 7.50. The van der Waals surface area contributed by atoms with E-state index in [4.69, 9.17) is 4.42 Å². The minimum atomic E-state index is -0.163. The molecule has 2 amide bonds. The third-order valence-corrected chi connectivity index (χ3v) is 7.67. The van der Waals surface area contributed by atoms with Crippen LogP contribution in [0.1, 0.15) is 42.6 Å². The average molecular weight is 539 g/mol. The molecule has 10 heteroatoms. The molecule has 3 heterocycles. The van der Waals surface area contributed by atoms with E-state index in [1.807, 2.05) is 42.6 Å². The standard InChI is InChI=1S/C27H30N4O4S2/c1-19-8-10-20(11-9-19)16-28-23(32)7-3-2-4-13-31-26(34)25-22(12-15-36-25)30-27(31)37-18-24(33)29-17-21-6-5-14-35-21/h5-6,8-12,14-15H,2-4,7,13,16-18H2,1H3,(H,28,32)(H,29,33). The molecule has 0 bridgehead atoms. The van der Waals surface area contributed by atoms with Gasteiger partial charge in [0.2, 0.25) is 11.8 Å². The van der Waals surface area contributed by atoms with E-state index in [0.717, 1.165) is 24.8 Å². The van der Waals surface area contributed by atoms with E-state index in [1.54, 1.807) is 23.0 Å². The number of unbranched alkanes of at least 4 members (excludes halogenated alkanes) is 2. The number of fused-ring (bicyclic) bond motifs is 1. The average Bonchev–Trinajstić information content (AvgIpc) is 3.59. The molecule has 0 saturated heterocycles. The number of aromatic nitrogens is 2. The Morgan fingerprint density at radius 2 is 1.84 bits per heavy atom. The number of benzene rings is 1. The second kappa shape index (κ2) is 13.3. The topological polar surface area (TPSA) is 106 Å². The number of aryl methyl sites for hydroxylation is 1. The smallest absolute Gasteiger partial charge is 0.272 e. The minimum absolute atomic E-state index is 0.0243. The van der Waals surface area contributed by atoms with Crippen LogP contribution in [-0.4, -0.2) is 27.1 Å². The van der Waals surface area contributed by atoms with Crippen molar-refractivity contribution >= 4 is 45.1 Å². The number of furan rings is 1. The first-order valence-corrected chi connectivity index (χ1v) is 14.1. The van der Waals surface area contributed by atoms with Gasteiger partial charge in [0.1, 0.15) is 10.5 Å². The van der Waals surface area contributed by atoms with Crippen molar-refractivity contribution in [3.05, 3.63) is 81.3 Å². The maximum absolute atomic E-state index is 13.1. The molecule has 0 aliphatic heterocycles. The lowest BCUT2D eigenvalue weighted by Gasteiger charge is -2.12. The molecule has 1 aromatic carbocycles. The SMILES string of the molecule is Cc1ccc(CNC(=O)CCCCCn2c(SCC(=O)NCc3ccco3)nc3ccsc3c2=O)cc1. The zero-order chi connectivity index (χ0) is 26.0. The largest absolute Gasteiger partial charge is 0.467 e. The van der Waals surface area contributed by atoms with Gasteiger partial charge in [-0.3, -0.25) is 19.0 Å². The summed E-state index contributed by atoms with van der Waals surface area (Å²) in [6.07, 6.45) is 4.29. The van der Waals surface area contributed by atoms with Crippen molar-refractivity contribution in [1.29, 1.82) is 0 Å². The summed E-state index contributed by atoms with van der Waals surface area (Å²) in [6, 6.07) is 13.5. The summed E-state index contributed by atoms with van der Waals surface area (Å²) >= 11 is 2.62. The van der Waals surface area contributed by atoms with Gasteiger partial charge in [-0.05, 0) is 48.9 Å². The molecule has 37 heavy (non-hydrogen) atoms. The van der Waals surface area contributed by atoms with Crippen LogP contribution in [0.15, 0.2) is 68.5 Å². The lowest BCUT2D eigenvalue weighted by molar-refractivity contribution is -0.121. The van der Waals surface area contributed by atoms with Crippen LogP contribution in [-0.2, 0) is 29.2 Å². The van der Waals surface area contributed by atoms with Crippen LogP contribution in [0, 0.1) is 6.92 Å². The highest BCUT2D eigenvalue weighted by atomic mass is 32.2. The van der Waals surface area contributed by atoms with Crippen LogP contribution in [0.2, 0.25) is 0 Å². The highest BCUT2D eigenvalue weighted by Crippen LogP contribution is 2.21. The zero-order valence-electron chi connectivity index (χ0n) is 20.7. The molecule has 4 aromatic rings. The molecule has 0 unspecified atom stereocenters. The van der Waals surface area contributed by atoms with E-state index in [0.29, 0.717) is 47.2 Å². The molecule has 2 N–H and O–H groups in total. The molecule has 0 aliphatic rings. The van der Waals surface area contributed by atoms with Gasteiger partial charge in [-0.2, -0.15) is 0 Å². The number of carbonyl (C=O) groups is 2. The first-order chi connectivity index (χ1) is 18.0. The summed E-state index contributed by atoms with van der Waals surface area (Å²) in [4.78, 5) is 42.2. The lowest BCUT2D eigenvalue weighted by atomic mass is 10.1. The normalized spacial score (nSPS) is 11.1. The van der Waals surface area contributed by atoms with E-state index >= 15 is 0 Å². The number of hydrogen-bond acceptors (Lipinski definition) is 7. The highest BCUT2D eigenvalue weighted by Gasteiger charge is 2.14. The van der Waals surface area contributed by atoms with Crippen LogP contribution in [0.4, 0.5) is 0 Å². The molecule has 4 rings (SSSR count). The van der Waals surface area contributed by atoms with Crippen molar-refractivity contribution in [2.75, 3.05) is 5.75 Å². The van der Waals surface area contributed by atoms with Crippen molar-refractivity contribution in [3.63, 3.8) is 0 Å². The number of amides is 2. The van der Waals surface area contributed by atoms with Gasteiger partial charge in [-0.15, -0.1) is 11.3 Å². The molecule has 0 saturated carbocycles. The molecule has 0 spiro atoms. The summed E-state index contributed by atoms with van der Waals surface area (Å²) in [5.41, 5.74) is 2.83. The van der Waals surface area contributed by atoms with E-state index in [1.165, 1.54) is 28.7 Å². The van der Waals surface area contributed by atoms with Gasteiger partial charge in [0.15, 0.2) is 5.16 Å². The van der Waals surface area contributed by atoms with Gasteiger partial charge in [0.05, 0.1) is 24.1 Å². The summed E-state index contributed by atoms with van der Waals surface area (Å²) in [7, 11) is 0.